The fraction of sp³-hybridized carbons (Fsp3) is 0.0233. The Morgan fingerprint density at radius 3 is 1.41 bits per heavy atom. The molecule has 0 unspecified atom stereocenters. The third-order valence-electron chi connectivity index (χ3n) is 8.45. The van der Waals surface area contributed by atoms with Crippen molar-refractivity contribution >= 4 is 65.6 Å². The Hall–Kier alpha value is -5.64. The lowest BCUT2D eigenvalue weighted by Gasteiger charge is -2.33. The van der Waals surface area contributed by atoms with Gasteiger partial charge in [0.25, 0.3) is 0 Å². The van der Waals surface area contributed by atoms with E-state index in [1.165, 1.54) is 31.3 Å². The minimum Gasteiger partial charge on any atom is -0.310 e. The summed E-state index contributed by atoms with van der Waals surface area (Å²) in [5.41, 5.74) is 10.2. The zero-order chi connectivity index (χ0) is 30.9. The van der Waals surface area contributed by atoms with Crippen LogP contribution in [0.4, 0.5) is 34.1 Å². The highest BCUT2D eigenvalue weighted by molar-refractivity contribution is 7.25. The van der Waals surface area contributed by atoms with Crippen molar-refractivity contribution in [3.8, 4) is 11.1 Å². The molecular formula is C43H32N2S. The maximum atomic E-state index is 2.43. The zero-order valence-corrected chi connectivity index (χ0v) is 26.4. The molecule has 0 aliphatic rings. The summed E-state index contributed by atoms with van der Waals surface area (Å²) in [5, 5.41) is 2.61. The van der Waals surface area contributed by atoms with Crippen molar-refractivity contribution in [3.05, 3.63) is 181 Å². The SMILES string of the molecule is Cc1cc(N(c2ccccc2)c2ccccc2)c(-c2ccccc2)c(N(c2ccccc2)c2ccc3c(c2)sc2ccccc23)c1. The monoisotopic (exact) mass is 608 g/mol. The molecule has 0 N–H and O–H groups in total. The first-order valence-electron chi connectivity index (χ1n) is 15.6. The van der Waals surface area contributed by atoms with Crippen LogP contribution in [0.1, 0.15) is 5.56 Å². The van der Waals surface area contributed by atoms with Gasteiger partial charge in [-0.3, -0.25) is 0 Å². The first-order valence-corrected chi connectivity index (χ1v) is 16.4. The van der Waals surface area contributed by atoms with E-state index in [9.17, 15) is 0 Å². The number of para-hydroxylation sites is 3. The number of benzene rings is 7. The van der Waals surface area contributed by atoms with Gasteiger partial charge < -0.3 is 9.80 Å². The third kappa shape index (κ3) is 5.11. The number of rotatable bonds is 7. The van der Waals surface area contributed by atoms with Gasteiger partial charge in [0.05, 0.1) is 11.4 Å². The minimum absolute atomic E-state index is 1.11. The molecule has 0 atom stereocenters. The smallest absolute Gasteiger partial charge is 0.0563 e. The summed E-state index contributed by atoms with van der Waals surface area (Å²) in [6.07, 6.45) is 0. The fourth-order valence-corrected chi connectivity index (χ4v) is 7.58. The molecule has 0 saturated carbocycles. The minimum atomic E-state index is 1.11. The van der Waals surface area contributed by atoms with Gasteiger partial charge in [0, 0.05) is 48.5 Å². The van der Waals surface area contributed by atoms with Crippen molar-refractivity contribution in [1.29, 1.82) is 0 Å². The summed E-state index contributed by atoms with van der Waals surface area (Å²) in [6, 6.07) is 63.2. The maximum Gasteiger partial charge on any atom is 0.0563 e. The molecule has 0 spiro atoms. The quantitative estimate of drug-likeness (QED) is 0.178. The molecule has 3 heteroatoms. The first kappa shape index (κ1) is 27.9. The third-order valence-corrected chi connectivity index (χ3v) is 9.58. The molecule has 0 radical (unpaired) electrons. The number of nitrogens with zero attached hydrogens (tertiary/aromatic N) is 2. The molecule has 0 fully saturated rings. The highest BCUT2D eigenvalue weighted by atomic mass is 32.1. The second kappa shape index (κ2) is 12.0. The van der Waals surface area contributed by atoms with E-state index in [2.05, 4.69) is 193 Å². The van der Waals surface area contributed by atoms with Gasteiger partial charge in [-0.05, 0) is 84.8 Å². The van der Waals surface area contributed by atoms with Gasteiger partial charge >= 0.3 is 0 Å². The number of hydrogen-bond acceptors (Lipinski definition) is 3. The topological polar surface area (TPSA) is 6.48 Å². The molecule has 0 amide bonds. The van der Waals surface area contributed by atoms with Crippen LogP contribution >= 0.6 is 11.3 Å². The van der Waals surface area contributed by atoms with Gasteiger partial charge in [0.2, 0.25) is 0 Å². The molecule has 1 heterocycles. The molecule has 0 bridgehead atoms. The van der Waals surface area contributed by atoms with E-state index < -0.39 is 0 Å². The number of hydrogen-bond donors (Lipinski definition) is 0. The van der Waals surface area contributed by atoms with Gasteiger partial charge in [-0.15, -0.1) is 11.3 Å². The van der Waals surface area contributed by atoms with Crippen molar-refractivity contribution in [2.45, 2.75) is 6.92 Å². The van der Waals surface area contributed by atoms with E-state index in [0.29, 0.717) is 0 Å². The number of aryl methyl sites for hydroxylation is 1. The predicted octanol–water partition coefficient (Wildman–Crippen LogP) is 13.0. The maximum absolute atomic E-state index is 2.43. The highest BCUT2D eigenvalue weighted by Crippen LogP contribution is 2.50. The van der Waals surface area contributed by atoms with Crippen molar-refractivity contribution in [2.75, 3.05) is 9.80 Å². The molecule has 1 aromatic heterocycles. The molecule has 0 aliphatic carbocycles. The van der Waals surface area contributed by atoms with E-state index >= 15 is 0 Å². The van der Waals surface area contributed by atoms with Crippen molar-refractivity contribution in [3.63, 3.8) is 0 Å². The van der Waals surface area contributed by atoms with Gasteiger partial charge in [-0.1, -0.05) is 109 Å². The Morgan fingerprint density at radius 1 is 0.391 bits per heavy atom. The summed E-state index contributed by atoms with van der Waals surface area (Å²) in [4.78, 5) is 4.81. The van der Waals surface area contributed by atoms with Crippen LogP contribution in [0.15, 0.2) is 176 Å². The first-order chi connectivity index (χ1) is 22.7. The summed E-state index contributed by atoms with van der Waals surface area (Å²) in [6.45, 7) is 2.20. The second-order valence-corrected chi connectivity index (χ2v) is 12.6. The molecular weight excluding hydrogens is 577 g/mol. The molecule has 2 nitrogen and oxygen atoms in total. The van der Waals surface area contributed by atoms with E-state index in [0.717, 1.165) is 39.7 Å². The summed E-state index contributed by atoms with van der Waals surface area (Å²) in [5.74, 6) is 0. The van der Waals surface area contributed by atoms with E-state index in [1.54, 1.807) is 0 Å². The predicted molar refractivity (Wildman–Crippen MR) is 199 cm³/mol. The van der Waals surface area contributed by atoms with Gasteiger partial charge in [-0.2, -0.15) is 0 Å². The van der Waals surface area contributed by atoms with Gasteiger partial charge in [0.15, 0.2) is 0 Å². The molecule has 46 heavy (non-hydrogen) atoms. The Morgan fingerprint density at radius 2 is 0.848 bits per heavy atom. The van der Waals surface area contributed by atoms with Gasteiger partial charge in [-0.25, -0.2) is 0 Å². The molecule has 0 saturated heterocycles. The Bertz CT molecular complexity index is 2220. The number of thiophene rings is 1. The van der Waals surface area contributed by atoms with Crippen LogP contribution in [-0.2, 0) is 0 Å². The summed E-state index contributed by atoms with van der Waals surface area (Å²) < 4.78 is 2.59. The molecule has 220 valence electrons. The molecule has 8 aromatic rings. The van der Waals surface area contributed by atoms with E-state index in [-0.39, 0.29) is 0 Å². The standard InChI is InChI=1S/C43H32N2S/c1-31-28-39(44(33-18-8-3-9-19-33)34-20-10-4-11-21-34)43(32-16-6-2-7-17-32)40(29-31)45(35-22-12-5-13-23-35)36-26-27-38-37-24-14-15-25-41(37)46-42(38)30-36/h2-30H,1H3. The van der Waals surface area contributed by atoms with Crippen LogP contribution < -0.4 is 9.80 Å². The average molecular weight is 609 g/mol. The number of anilines is 6. The fourth-order valence-electron chi connectivity index (χ4n) is 6.44. The van der Waals surface area contributed by atoms with Crippen LogP contribution in [0.2, 0.25) is 0 Å². The molecule has 0 aliphatic heterocycles. The lowest BCUT2D eigenvalue weighted by atomic mass is 9.96. The van der Waals surface area contributed by atoms with Crippen molar-refractivity contribution < 1.29 is 0 Å². The van der Waals surface area contributed by atoms with Crippen molar-refractivity contribution in [2.24, 2.45) is 0 Å². The van der Waals surface area contributed by atoms with Crippen LogP contribution in [0, 0.1) is 6.92 Å². The van der Waals surface area contributed by atoms with E-state index in [1.807, 2.05) is 11.3 Å². The zero-order valence-electron chi connectivity index (χ0n) is 25.5. The Balaban J connectivity index is 1.44. The Labute approximate surface area is 274 Å². The lowest BCUT2D eigenvalue weighted by Crippen LogP contribution is -2.16. The van der Waals surface area contributed by atoms with E-state index in [4.69, 9.17) is 0 Å². The van der Waals surface area contributed by atoms with Crippen LogP contribution in [0.3, 0.4) is 0 Å². The van der Waals surface area contributed by atoms with Crippen LogP contribution in [0.25, 0.3) is 31.3 Å². The molecule has 8 rings (SSSR count). The van der Waals surface area contributed by atoms with Crippen molar-refractivity contribution in [1.82, 2.24) is 0 Å². The van der Waals surface area contributed by atoms with Gasteiger partial charge in [0.1, 0.15) is 0 Å². The highest BCUT2D eigenvalue weighted by Gasteiger charge is 2.25. The van der Waals surface area contributed by atoms with Crippen LogP contribution in [-0.4, -0.2) is 0 Å². The largest absolute Gasteiger partial charge is 0.310 e. The lowest BCUT2D eigenvalue weighted by molar-refractivity contribution is 1.24. The van der Waals surface area contributed by atoms with Crippen LogP contribution in [0.5, 0.6) is 0 Å². The summed E-state index contributed by atoms with van der Waals surface area (Å²) >= 11 is 1.86. The molecule has 7 aromatic carbocycles. The average Bonchev–Trinajstić information content (AvgIpc) is 3.48. The summed E-state index contributed by atoms with van der Waals surface area (Å²) in [7, 11) is 0. The second-order valence-electron chi connectivity index (χ2n) is 11.5. The number of fused-ring (bicyclic) bond motifs is 3. The Kier molecular flexibility index (Phi) is 7.30. The normalized spacial score (nSPS) is 11.2.